The van der Waals surface area contributed by atoms with Gasteiger partial charge < -0.3 is 20.4 Å². The molecule has 12 heteroatoms. The lowest BCUT2D eigenvalue weighted by Crippen LogP contribution is -2.53. The first-order valence-corrected chi connectivity index (χ1v) is 15.9. The highest BCUT2D eigenvalue weighted by molar-refractivity contribution is 7.89. The van der Waals surface area contributed by atoms with E-state index >= 15 is 0 Å². The maximum Gasteiger partial charge on any atom is 0.319 e. The Hall–Kier alpha value is -5.49. The van der Waals surface area contributed by atoms with Crippen molar-refractivity contribution < 1.29 is 27.6 Å². The van der Waals surface area contributed by atoms with Crippen LogP contribution in [0.3, 0.4) is 0 Å². The summed E-state index contributed by atoms with van der Waals surface area (Å²) in [5.41, 5.74) is 3.47. The van der Waals surface area contributed by atoms with Gasteiger partial charge in [0.25, 0.3) is 11.8 Å². The minimum atomic E-state index is -3.79. The van der Waals surface area contributed by atoms with E-state index in [4.69, 9.17) is 0 Å². The smallest absolute Gasteiger partial charge is 0.319 e. The maximum atomic E-state index is 14.2. The average molecular weight is 626 g/mol. The van der Waals surface area contributed by atoms with Crippen molar-refractivity contribution in [3.8, 4) is 0 Å². The molecule has 1 heterocycles. The molecule has 3 N–H and O–H groups in total. The number of nitrogens with one attached hydrogen (secondary N) is 3. The number of urea groups is 1. The molecule has 4 aromatic carbocycles. The predicted molar refractivity (Wildman–Crippen MR) is 172 cm³/mol. The second-order valence-corrected chi connectivity index (χ2v) is 12.3. The molecule has 0 saturated carbocycles. The lowest BCUT2D eigenvalue weighted by atomic mass is 10.0. The lowest BCUT2D eigenvalue weighted by Gasteiger charge is -2.27. The van der Waals surface area contributed by atoms with Crippen LogP contribution < -0.4 is 25.2 Å². The van der Waals surface area contributed by atoms with Gasteiger partial charge in [0.15, 0.2) is 5.78 Å². The van der Waals surface area contributed by atoms with Gasteiger partial charge in [0.05, 0.1) is 30.7 Å². The van der Waals surface area contributed by atoms with E-state index in [1.54, 1.807) is 24.3 Å². The summed E-state index contributed by atoms with van der Waals surface area (Å²) >= 11 is 0. The van der Waals surface area contributed by atoms with Crippen LogP contribution in [0, 0.1) is 6.92 Å². The Kier molecular flexibility index (Phi) is 8.96. The minimum Gasteiger partial charge on any atom is -0.337 e. The van der Waals surface area contributed by atoms with Crippen LogP contribution in [0.1, 0.15) is 26.3 Å². The van der Waals surface area contributed by atoms with Gasteiger partial charge >= 0.3 is 6.03 Å². The molecule has 4 aromatic rings. The zero-order valence-electron chi connectivity index (χ0n) is 24.6. The number of hydrogen-bond donors (Lipinski definition) is 3. The number of amides is 4. The standard InChI is InChI=1S/C33H31N5O6S/c1-22-11-6-7-16-26(22)30(39)21-38-29-18-9-8-17-28(29)37(25-14-4-3-5-15-25)20-27(32(38)41)35-33(42)34-24-13-10-12-23(19-24)31(40)36-45(2,43)44/h3-19,27H,20-21H2,1-2H3,(H,36,40)(H2,34,35,42). The number of hydrogen-bond acceptors (Lipinski definition) is 7. The van der Waals surface area contributed by atoms with Gasteiger partial charge in [-0.3, -0.25) is 14.4 Å². The second kappa shape index (κ2) is 13.0. The molecule has 5 rings (SSSR count). The van der Waals surface area contributed by atoms with E-state index in [2.05, 4.69) is 10.6 Å². The number of fused-ring (bicyclic) bond motifs is 1. The zero-order valence-corrected chi connectivity index (χ0v) is 25.4. The Morgan fingerprint density at radius 3 is 2.22 bits per heavy atom. The van der Waals surface area contributed by atoms with Crippen LogP contribution in [0.5, 0.6) is 0 Å². The summed E-state index contributed by atoms with van der Waals surface area (Å²) in [4.78, 5) is 56.6. The number of carbonyl (C=O) groups excluding carboxylic acids is 4. The third-order valence-electron chi connectivity index (χ3n) is 7.17. The van der Waals surface area contributed by atoms with Crippen LogP contribution in [0.25, 0.3) is 0 Å². The molecule has 0 fully saturated rings. The first-order valence-electron chi connectivity index (χ1n) is 14.0. The highest BCUT2D eigenvalue weighted by Crippen LogP contribution is 2.37. The summed E-state index contributed by atoms with van der Waals surface area (Å²) in [6, 6.07) is 27.7. The number of anilines is 4. The Balaban J connectivity index is 1.45. The summed E-state index contributed by atoms with van der Waals surface area (Å²) in [5.74, 6) is -1.60. The molecule has 0 bridgehead atoms. The molecule has 11 nitrogen and oxygen atoms in total. The molecule has 0 aliphatic carbocycles. The van der Waals surface area contributed by atoms with Crippen LogP contribution >= 0.6 is 0 Å². The molecule has 1 aliphatic rings. The number of benzene rings is 4. The van der Waals surface area contributed by atoms with Crippen LogP contribution in [-0.2, 0) is 14.8 Å². The van der Waals surface area contributed by atoms with Crippen molar-refractivity contribution in [2.24, 2.45) is 0 Å². The van der Waals surface area contributed by atoms with Crippen molar-refractivity contribution in [3.05, 3.63) is 120 Å². The number of ketones is 1. The number of aryl methyl sites for hydroxylation is 1. The van der Waals surface area contributed by atoms with E-state index in [0.717, 1.165) is 17.5 Å². The van der Waals surface area contributed by atoms with Gasteiger partial charge in [-0.05, 0) is 55.0 Å². The maximum absolute atomic E-state index is 14.2. The summed E-state index contributed by atoms with van der Waals surface area (Å²) in [6.07, 6.45) is 0.860. The largest absolute Gasteiger partial charge is 0.337 e. The van der Waals surface area contributed by atoms with Gasteiger partial charge in [-0.15, -0.1) is 0 Å². The van der Waals surface area contributed by atoms with Gasteiger partial charge in [-0.25, -0.2) is 17.9 Å². The summed E-state index contributed by atoms with van der Waals surface area (Å²) < 4.78 is 24.9. The molecule has 230 valence electrons. The number of Topliss-reactive ketones (excluding diaryl/α,β-unsaturated/α-hetero) is 1. The fraction of sp³-hybridized carbons (Fsp3) is 0.152. The van der Waals surface area contributed by atoms with Gasteiger partial charge in [0.1, 0.15) is 6.04 Å². The van der Waals surface area contributed by atoms with Gasteiger partial charge in [0, 0.05) is 22.5 Å². The first kappa shape index (κ1) is 31.0. The van der Waals surface area contributed by atoms with Crippen molar-refractivity contribution in [3.63, 3.8) is 0 Å². The van der Waals surface area contributed by atoms with E-state index < -0.39 is 33.9 Å². The molecule has 0 saturated heterocycles. The summed E-state index contributed by atoms with van der Waals surface area (Å²) in [7, 11) is -3.79. The Bertz CT molecular complexity index is 1880. The lowest BCUT2D eigenvalue weighted by molar-refractivity contribution is -0.120. The number of sulfonamides is 1. The molecule has 0 aromatic heterocycles. The van der Waals surface area contributed by atoms with Gasteiger partial charge in [0.2, 0.25) is 10.0 Å². The molecule has 0 radical (unpaired) electrons. The van der Waals surface area contributed by atoms with Crippen LogP contribution in [-0.4, -0.2) is 57.4 Å². The van der Waals surface area contributed by atoms with Crippen LogP contribution in [0.2, 0.25) is 0 Å². The summed E-state index contributed by atoms with van der Waals surface area (Å²) in [5, 5.41) is 5.36. The highest BCUT2D eigenvalue weighted by atomic mass is 32.2. The molecular formula is C33H31N5O6S. The fourth-order valence-electron chi connectivity index (χ4n) is 5.11. The zero-order chi connectivity index (χ0) is 32.1. The third kappa shape index (κ3) is 7.36. The fourth-order valence-corrected chi connectivity index (χ4v) is 5.57. The van der Waals surface area contributed by atoms with Crippen molar-refractivity contribution in [2.45, 2.75) is 13.0 Å². The quantitative estimate of drug-likeness (QED) is 0.248. The highest BCUT2D eigenvalue weighted by Gasteiger charge is 2.36. The topological polar surface area (TPSA) is 145 Å². The number of rotatable bonds is 8. The number of nitrogens with zero attached hydrogens (tertiary/aromatic N) is 2. The molecule has 1 unspecified atom stereocenters. The van der Waals surface area contributed by atoms with Crippen molar-refractivity contribution >= 4 is 56.4 Å². The Morgan fingerprint density at radius 1 is 0.844 bits per heavy atom. The molecule has 45 heavy (non-hydrogen) atoms. The van der Waals surface area contributed by atoms with Crippen LogP contribution in [0.4, 0.5) is 27.5 Å². The molecule has 1 atom stereocenters. The Labute approximate surface area is 260 Å². The Morgan fingerprint density at radius 2 is 1.51 bits per heavy atom. The second-order valence-electron chi connectivity index (χ2n) is 10.5. The molecule has 4 amide bonds. The number of para-hydroxylation sites is 3. The van der Waals surface area contributed by atoms with E-state index in [9.17, 15) is 27.6 Å². The SMILES string of the molecule is Cc1ccccc1C(=O)CN1C(=O)C(NC(=O)Nc2cccc(C(=O)NS(C)(=O)=O)c2)CN(c2ccccc2)c2ccccc21. The van der Waals surface area contributed by atoms with Crippen molar-refractivity contribution in [2.75, 3.05) is 34.5 Å². The average Bonchev–Trinajstić information content (AvgIpc) is 3.11. The first-order chi connectivity index (χ1) is 21.5. The predicted octanol–water partition coefficient (Wildman–Crippen LogP) is 4.24. The summed E-state index contributed by atoms with van der Waals surface area (Å²) in [6.45, 7) is 1.64. The molecular weight excluding hydrogens is 594 g/mol. The minimum absolute atomic E-state index is 0.00960. The van der Waals surface area contributed by atoms with Crippen molar-refractivity contribution in [1.29, 1.82) is 0 Å². The van der Waals surface area contributed by atoms with E-state index in [0.29, 0.717) is 16.9 Å². The van der Waals surface area contributed by atoms with Gasteiger partial charge in [-0.1, -0.05) is 60.7 Å². The molecule has 0 spiro atoms. The number of carbonyl (C=O) groups is 4. The monoisotopic (exact) mass is 625 g/mol. The van der Waals surface area contributed by atoms with E-state index in [-0.39, 0.29) is 30.1 Å². The normalized spacial score (nSPS) is 14.6. The van der Waals surface area contributed by atoms with E-state index in [1.807, 2.05) is 71.1 Å². The third-order valence-corrected chi connectivity index (χ3v) is 7.73. The van der Waals surface area contributed by atoms with Crippen molar-refractivity contribution in [1.82, 2.24) is 10.0 Å². The van der Waals surface area contributed by atoms with Crippen LogP contribution in [0.15, 0.2) is 103 Å². The molecule has 1 aliphatic heterocycles. The van der Waals surface area contributed by atoms with Gasteiger partial charge in [-0.2, -0.15) is 0 Å². The van der Waals surface area contributed by atoms with E-state index in [1.165, 1.54) is 29.2 Å².